The summed E-state index contributed by atoms with van der Waals surface area (Å²) in [6, 6.07) is 19.2. The standard InChI is InChI=1S/C26H26BrCl2N3O3S/c1-19-6-9-22(28)16-25(19)30-12-14-31(15-13-30)26(33)18-32(17-20-4-2-3-5-24(20)29)36(34,35)23-10-7-21(27)8-11-23/h2-11,16H,12-15,17-18H2,1H3. The molecule has 0 bridgehead atoms. The molecule has 0 spiro atoms. The minimum absolute atomic E-state index is 0.00845. The van der Waals surface area contributed by atoms with Gasteiger partial charge in [-0.1, -0.05) is 63.4 Å². The summed E-state index contributed by atoms with van der Waals surface area (Å²) in [5, 5.41) is 1.12. The van der Waals surface area contributed by atoms with E-state index in [9.17, 15) is 13.2 Å². The lowest BCUT2D eigenvalue weighted by Crippen LogP contribution is -2.52. The Morgan fingerprint density at radius 3 is 2.31 bits per heavy atom. The van der Waals surface area contributed by atoms with Crippen LogP contribution in [0.25, 0.3) is 0 Å². The average molecular weight is 611 g/mol. The minimum Gasteiger partial charge on any atom is -0.368 e. The van der Waals surface area contributed by atoms with Gasteiger partial charge in [-0.15, -0.1) is 0 Å². The van der Waals surface area contributed by atoms with Crippen molar-refractivity contribution < 1.29 is 13.2 Å². The summed E-state index contributed by atoms with van der Waals surface area (Å²) in [5.74, 6) is -0.245. The lowest BCUT2D eigenvalue weighted by Gasteiger charge is -2.37. The zero-order valence-corrected chi connectivity index (χ0v) is 23.6. The quantitative estimate of drug-likeness (QED) is 0.349. The summed E-state index contributed by atoms with van der Waals surface area (Å²) in [5.41, 5.74) is 2.80. The van der Waals surface area contributed by atoms with E-state index < -0.39 is 10.0 Å². The highest BCUT2D eigenvalue weighted by atomic mass is 79.9. The van der Waals surface area contributed by atoms with Crippen LogP contribution in [-0.4, -0.2) is 56.3 Å². The van der Waals surface area contributed by atoms with E-state index in [-0.39, 0.29) is 23.9 Å². The van der Waals surface area contributed by atoms with E-state index in [4.69, 9.17) is 23.2 Å². The van der Waals surface area contributed by atoms with E-state index in [1.54, 1.807) is 41.3 Å². The molecule has 3 aromatic rings. The Morgan fingerprint density at radius 1 is 0.972 bits per heavy atom. The lowest BCUT2D eigenvalue weighted by atomic mass is 10.1. The first-order valence-electron chi connectivity index (χ1n) is 11.4. The van der Waals surface area contributed by atoms with Gasteiger partial charge in [-0.2, -0.15) is 4.31 Å². The average Bonchev–Trinajstić information content (AvgIpc) is 2.86. The Kier molecular flexibility index (Phi) is 8.63. The maximum absolute atomic E-state index is 13.6. The van der Waals surface area contributed by atoms with E-state index in [1.165, 1.54) is 16.4 Å². The van der Waals surface area contributed by atoms with Gasteiger partial charge in [-0.05, 0) is 60.5 Å². The van der Waals surface area contributed by atoms with Gasteiger partial charge < -0.3 is 9.80 Å². The summed E-state index contributed by atoms with van der Waals surface area (Å²) in [4.78, 5) is 17.4. The van der Waals surface area contributed by atoms with Gasteiger partial charge in [0.2, 0.25) is 15.9 Å². The number of carbonyl (C=O) groups excluding carboxylic acids is 1. The fraction of sp³-hybridized carbons (Fsp3) is 0.269. The summed E-state index contributed by atoms with van der Waals surface area (Å²) >= 11 is 15.9. The highest BCUT2D eigenvalue weighted by Gasteiger charge is 2.30. The second kappa shape index (κ2) is 11.5. The molecule has 1 saturated heterocycles. The highest BCUT2D eigenvalue weighted by Crippen LogP contribution is 2.26. The van der Waals surface area contributed by atoms with E-state index >= 15 is 0 Å². The van der Waals surface area contributed by atoms with Crippen LogP contribution in [0.3, 0.4) is 0 Å². The van der Waals surface area contributed by atoms with Crippen LogP contribution in [0.1, 0.15) is 11.1 Å². The normalized spacial score (nSPS) is 14.4. The molecule has 0 saturated carbocycles. The number of halogens is 3. The fourth-order valence-corrected chi connectivity index (χ4v) is 6.16. The molecular formula is C26H26BrCl2N3O3S. The number of benzene rings is 3. The van der Waals surface area contributed by atoms with Crippen molar-refractivity contribution in [3.63, 3.8) is 0 Å². The first-order chi connectivity index (χ1) is 17.1. The van der Waals surface area contributed by atoms with Crippen LogP contribution in [-0.2, 0) is 21.4 Å². The summed E-state index contributed by atoms with van der Waals surface area (Å²) in [7, 11) is -3.95. The van der Waals surface area contributed by atoms with Gasteiger partial charge in [-0.3, -0.25) is 4.79 Å². The zero-order valence-electron chi connectivity index (χ0n) is 19.7. The van der Waals surface area contributed by atoms with E-state index in [0.29, 0.717) is 41.8 Å². The summed E-state index contributed by atoms with van der Waals surface area (Å²) < 4.78 is 29.1. The number of aryl methyl sites for hydroxylation is 1. The number of nitrogens with zero attached hydrogens (tertiary/aromatic N) is 3. The van der Waals surface area contributed by atoms with Gasteiger partial charge in [0, 0.05) is 52.9 Å². The Labute approximate surface area is 230 Å². The third kappa shape index (κ3) is 6.23. The largest absolute Gasteiger partial charge is 0.368 e. The Bertz CT molecular complexity index is 1340. The molecule has 1 aliphatic heterocycles. The molecule has 0 aromatic heterocycles. The highest BCUT2D eigenvalue weighted by molar-refractivity contribution is 9.10. The Hall–Kier alpha value is -2.10. The van der Waals surface area contributed by atoms with Gasteiger partial charge in [-0.25, -0.2) is 8.42 Å². The van der Waals surface area contributed by atoms with E-state index in [0.717, 1.165) is 15.7 Å². The van der Waals surface area contributed by atoms with Gasteiger partial charge in [0.25, 0.3) is 0 Å². The molecule has 0 aliphatic carbocycles. The molecule has 1 heterocycles. The third-order valence-corrected chi connectivity index (χ3v) is 9.15. The minimum atomic E-state index is -3.95. The van der Waals surface area contributed by atoms with Gasteiger partial charge in [0.05, 0.1) is 11.4 Å². The molecular weight excluding hydrogens is 585 g/mol. The number of anilines is 1. The molecule has 6 nitrogen and oxygen atoms in total. The van der Waals surface area contributed by atoms with Crippen molar-refractivity contribution in [1.29, 1.82) is 0 Å². The molecule has 10 heteroatoms. The SMILES string of the molecule is Cc1ccc(Cl)cc1N1CCN(C(=O)CN(Cc2ccccc2Cl)S(=O)(=O)c2ccc(Br)cc2)CC1. The fourth-order valence-electron chi connectivity index (χ4n) is 4.17. The van der Waals surface area contributed by atoms with Crippen LogP contribution in [0, 0.1) is 6.92 Å². The maximum atomic E-state index is 13.6. The smallest absolute Gasteiger partial charge is 0.243 e. The van der Waals surface area contributed by atoms with Gasteiger partial charge in [0.1, 0.15) is 0 Å². The summed E-state index contributed by atoms with van der Waals surface area (Å²) in [6.45, 7) is 3.99. The topological polar surface area (TPSA) is 60.9 Å². The number of amides is 1. The number of hydrogen-bond acceptors (Lipinski definition) is 4. The summed E-state index contributed by atoms with van der Waals surface area (Å²) in [6.07, 6.45) is 0. The molecule has 0 atom stereocenters. The van der Waals surface area contributed by atoms with Crippen LogP contribution >= 0.6 is 39.1 Å². The first-order valence-corrected chi connectivity index (χ1v) is 14.4. The number of carbonyl (C=O) groups is 1. The molecule has 1 fully saturated rings. The third-order valence-electron chi connectivity index (χ3n) is 6.21. The molecule has 0 N–H and O–H groups in total. The first kappa shape index (κ1) is 26.9. The Morgan fingerprint density at radius 2 is 1.64 bits per heavy atom. The molecule has 0 unspecified atom stereocenters. The lowest BCUT2D eigenvalue weighted by molar-refractivity contribution is -0.131. The molecule has 190 valence electrons. The number of sulfonamides is 1. The molecule has 1 aliphatic rings. The molecule has 36 heavy (non-hydrogen) atoms. The monoisotopic (exact) mass is 609 g/mol. The Balaban J connectivity index is 1.52. The van der Waals surface area contributed by atoms with Gasteiger partial charge >= 0.3 is 0 Å². The predicted molar refractivity (Wildman–Crippen MR) is 148 cm³/mol. The van der Waals surface area contributed by atoms with Gasteiger partial charge in [0.15, 0.2) is 0 Å². The van der Waals surface area contributed by atoms with E-state index in [2.05, 4.69) is 20.8 Å². The molecule has 4 rings (SSSR count). The number of hydrogen-bond donors (Lipinski definition) is 0. The van der Waals surface area contributed by atoms with Crippen LogP contribution in [0.5, 0.6) is 0 Å². The second-order valence-electron chi connectivity index (χ2n) is 8.62. The van der Waals surface area contributed by atoms with Crippen LogP contribution < -0.4 is 4.90 Å². The number of piperazine rings is 1. The van der Waals surface area contributed by atoms with Crippen molar-refractivity contribution in [1.82, 2.24) is 9.21 Å². The molecule has 1 amide bonds. The molecule has 0 radical (unpaired) electrons. The second-order valence-corrected chi connectivity index (χ2v) is 12.3. The molecule has 3 aromatic carbocycles. The van der Waals surface area contributed by atoms with Crippen molar-refractivity contribution in [2.45, 2.75) is 18.4 Å². The van der Waals surface area contributed by atoms with Crippen molar-refractivity contribution in [2.75, 3.05) is 37.6 Å². The predicted octanol–water partition coefficient (Wildman–Crippen LogP) is 5.60. The van der Waals surface area contributed by atoms with Crippen molar-refractivity contribution in [3.05, 3.63) is 92.4 Å². The zero-order chi connectivity index (χ0) is 25.9. The van der Waals surface area contributed by atoms with Crippen molar-refractivity contribution in [2.24, 2.45) is 0 Å². The van der Waals surface area contributed by atoms with Crippen LogP contribution in [0.2, 0.25) is 10.0 Å². The maximum Gasteiger partial charge on any atom is 0.243 e. The van der Waals surface area contributed by atoms with Crippen molar-refractivity contribution in [3.8, 4) is 0 Å². The van der Waals surface area contributed by atoms with Crippen LogP contribution in [0.4, 0.5) is 5.69 Å². The number of rotatable bonds is 7. The van der Waals surface area contributed by atoms with Crippen molar-refractivity contribution >= 4 is 60.7 Å². The van der Waals surface area contributed by atoms with E-state index in [1.807, 2.05) is 25.1 Å². The van der Waals surface area contributed by atoms with Crippen LogP contribution in [0.15, 0.2) is 76.1 Å².